The molecule has 0 saturated heterocycles. The normalized spacial score (nSPS) is 10.3. The van der Waals surface area contributed by atoms with Gasteiger partial charge in [0.25, 0.3) is 0 Å². The lowest BCUT2D eigenvalue weighted by Crippen LogP contribution is -2.11. The molecule has 4 heteroatoms. The third kappa shape index (κ3) is 3.09. The Hall–Kier alpha value is -1.94. The number of ether oxygens (including phenoxy) is 1. The molecule has 0 spiro atoms. The summed E-state index contributed by atoms with van der Waals surface area (Å²) in [5.41, 5.74) is 8.13. The number of nitrogens with two attached hydrogens (primary N) is 1. The van der Waals surface area contributed by atoms with E-state index >= 15 is 0 Å². The molecule has 0 unspecified atom stereocenters. The van der Waals surface area contributed by atoms with E-state index in [1.165, 1.54) is 18.2 Å². The number of benzene rings is 2. The average molecular weight is 275 g/mol. The predicted molar refractivity (Wildman–Crippen MR) is 78.3 cm³/mol. The summed E-state index contributed by atoms with van der Waals surface area (Å²) in [5.74, 6) is 0.770. The molecule has 0 aliphatic rings. The molecule has 0 aromatic heterocycles. The first-order valence-electron chi connectivity index (χ1n) is 5.82. The van der Waals surface area contributed by atoms with Crippen LogP contribution in [0, 0.1) is 19.7 Å². The largest absolute Gasteiger partial charge is 0.456 e. The minimum absolute atomic E-state index is 0.110. The van der Waals surface area contributed by atoms with Crippen molar-refractivity contribution in [2.45, 2.75) is 13.8 Å². The van der Waals surface area contributed by atoms with Gasteiger partial charge in [0.2, 0.25) is 0 Å². The second kappa shape index (κ2) is 5.36. The van der Waals surface area contributed by atoms with E-state index in [2.05, 4.69) is 0 Å². The minimum atomic E-state index is -0.393. The molecule has 0 amide bonds. The Morgan fingerprint density at radius 3 is 2.42 bits per heavy atom. The Morgan fingerprint density at radius 1 is 1.11 bits per heavy atom. The van der Waals surface area contributed by atoms with Gasteiger partial charge in [0.15, 0.2) is 0 Å². The Morgan fingerprint density at radius 2 is 1.79 bits per heavy atom. The van der Waals surface area contributed by atoms with E-state index in [9.17, 15) is 4.39 Å². The molecule has 0 atom stereocenters. The summed E-state index contributed by atoms with van der Waals surface area (Å²) in [6.45, 7) is 3.96. The molecule has 0 heterocycles. The summed E-state index contributed by atoms with van der Waals surface area (Å²) in [4.78, 5) is 0.110. The maximum Gasteiger partial charge on any atom is 0.137 e. The van der Waals surface area contributed by atoms with Gasteiger partial charge in [0, 0.05) is 0 Å². The van der Waals surface area contributed by atoms with Gasteiger partial charge in [-0.25, -0.2) is 4.39 Å². The molecule has 0 aliphatic heterocycles. The van der Waals surface area contributed by atoms with Crippen LogP contribution in [-0.2, 0) is 0 Å². The van der Waals surface area contributed by atoms with E-state index < -0.39 is 5.82 Å². The highest BCUT2D eigenvalue weighted by Crippen LogP contribution is 2.29. The van der Waals surface area contributed by atoms with E-state index in [0.717, 1.165) is 11.1 Å². The number of hydrogen-bond donors (Lipinski definition) is 1. The van der Waals surface area contributed by atoms with Gasteiger partial charge in [-0.2, -0.15) is 0 Å². The van der Waals surface area contributed by atoms with Crippen molar-refractivity contribution in [3.63, 3.8) is 0 Å². The second-order valence-electron chi connectivity index (χ2n) is 4.38. The molecule has 0 fully saturated rings. The summed E-state index contributed by atoms with van der Waals surface area (Å²) in [6, 6.07) is 9.97. The van der Waals surface area contributed by atoms with Crippen LogP contribution in [0.1, 0.15) is 16.7 Å². The molecule has 0 aliphatic carbocycles. The zero-order chi connectivity index (χ0) is 14.0. The van der Waals surface area contributed by atoms with Crippen molar-refractivity contribution >= 4 is 17.2 Å². The fraction of sp³-hybridized carbons (Fsp3) is 0.133. The molecule has 0 saturated carbocycles. The lowest BCUT2D eigenvalue weighted by Gasteiger charge is -2.12. The minimum Gasteiger partial charge on any atom is -0.456 e. The Labute approximate surface area is 117 Å². The van der Waals surface area contributed by atoms with Crippen molar-refractivity contribution < 1.29 is 9.13 Å². The van der Waals surface area contributed by atoms with Crippen LogP contribution in [0.25, 0.3) is 0 Å². The van der Waals surface area contributed by atoms with Gasteiger partial charge < -0.3 is 10.5 Å². The van der Waals surface area contributed by atoms with Gasteiger partial charge in [0.05, 0.1) is 5.56 Å². The maximum atomic E-state index is 13.2. The van der Waals surface area contributed by atoms with Gasteiger partial charge in [-0.3, -0.25) is 0 Å². The second-order valence-corrected chi connectivity index (χ2v) is 4.82. The fourth-order valence-corrected chi connectivity index (χ4v) is 1.98. The third-order valence-electron chi connectivity index (χ3n) is 2.76. The highest BCUT2D eigenvalue weighted by Gasteiger charge is 2.10. The molecule has 2 nitrogen and oxygen atoms in total. The van der Waals surface area contributed by atoms with Crippen LogP contribution < -0.4 is 10.5 Å². The van der Waals surface area contributed by atoms with Crippen molar-refractivity contribution in [3.05, 3.63) is 58.9 Å². The number of aryl methyl sites for hydroxylation is 2. The van der Waals surface area contributed by atoms with Gasteiger partial charge in [-0.15, -0.1) is 0 Å². The Kier molecular flexibility index (Phi) is 3.81. The zero-order valence-corrected chi connectivity index (χ0v) is 11.6. The summed E-state index contributed by atoms with van der Waals surface area (Å²) < 4.78 is 19.0. The summed E-state index contributed by atoms with van der Waals surface area (Å²) in [6.07, 6.45) is 0. The number of halogens is 1. The molecule has 2 N–H and O–H groups in total. The topological polar surface area (TPSA) is 35.2 Å². The van der Waals surface area contributed by atoms with Crippen LogP contribution in [0.3, 0.4) is 0 Å². The molecule has 2 aromatic carbocycles. The SMILES string of the molecule is Cc1ccc(Oc2ccc(F)cc2C(N)=S)c(C)c1. The molecule has 2 rings (SSSR count). The molecule has 0 radical (unpaired) electrons. The number of hydrogen-bond acceptors (Lipinski definition) is 2. The van der Waals surface area contributed by atoms with Crippen LogP contribution >= 0.6 is 12.2 Å². The first-order chi connectivity index (χ1) is 8.97. The van der Waals surface area contributed by atoms with Crippen molar-refractivity contribution in [2.24, 2.45) is 5.73 Å². The monoisotopic (exact) mass is 275 g/mol. The standard InChI is InChI=1S/C15H14FNOS/c1-9-3-5-13(10(2)7-9)18-14-6-4-11(16)8-12(14)15(17)19/h3-8H,1-2H3,(H2,17,19). The van der Waals surface area contributed by atoms with Crippen LogP contribution in [0.2, 0.25) is 0 Å². The van der Waals surface area contributed by atoms with E-state index in [0.29, 0.717) is 17.1 Å². The van der Waals surface area contributed by atoms with Crippen LogP contribution in [0.5, 0.6) is 11.5 Å². The smallest absolute Gasteiger partial charge is 0.137 e. The predicted octanol–water partition coefficient (Wildman–Crippen LogP) is 3.87. The lowest BCUT2D eigenvalue weighted by atomic mass is 10.1. The number of thiocarbonyl (C=S) groups is 1. The van der Waals surface area contributed by atoms with Crippen molar-refractivity contribution in [1.82, 2.24) is 0 Å². The molecule has 2 aromatic rings. The van der Waals surface area contributed by atoms with E-state index in [-0.39, 0.29) is 4.99 Å². The number of rotatable bonds is 3. The van der Waals surface area contributed by atoms with Crippen molar-refractivity contribution in [1.29, 1.82) is 0 Å². The molecular formula is C15H14FNOS. The first kappa shape index (κ1) is 13.5. The van der Waals surface area contributed by atoms with E-state index in [4.69, 9.17) is 22.7 Å². The maximum absolute atomic E-state index is 13.2. The quantitative estimate of drug-likeness (QED) is 0.864. The summed E-state index contributed by atoms with van der Waals surface area (Å²) >= 11 is 4.91. The molecular weight excluding hydrogens is 261 g/mol. The van der Waals surface area contributed by atoms with Crippen molar-refractivity contribution in [2.75, 3.05) is 0 Å². The van der Waals surface area contributed by atoms with Gasteiger partial charge in [0.1, 0.15) is 22.3 Å². The summed E-state index contributed by atoms with van der Waals surface area (Å²) in [5, 5.41) is 0. The van der Waals surface area contributed by atoms with Gasteiger partial charge >= 0.3 is 0 Å². The lowest BCUT2D eigenvalue weighted by molar-refractivity contribution is 0.476. The van der Waals surface area contributed by atoms with E-state index in [1.807, 2.05) is 32.0 Å². The van der Waals surface area contributed by atoms with Gasteiger partial charge in [-0.1, -0.05) is 29.9 Å². The highest BCUT2D eigenvalue weighted by atomic mass is 32.1. The first-order valence-corrected chi connectivity index (χ1v) is 6.22. The van der Waals surface area contributed by atoms with Crippen LogP contribution in [0.15, 0.2) is 36.4 Å². The summed E-state index contributed by atoms with van der Waals surface area (Å²) in [7, 11) is 0. The molecule has 19 heavy (non-hydrogen) atoms. The van der Waals surface area contributed by atoms with Crippen LogP contribution in [0.4, 0.5) is 4.39 Å². The Bertz CT molecular complexity index is 640. The zero-order valence-electron chi connectivity index (χ0n) is 10.7. The Balaban J connectivity index is 2.40. The van der Waals surface area contributed by atoms with E-state index in [1.54, 1.807) is 0 Å². The third-order valence-corrected chi connectivity index (χ3v) is 2.98. The van der Waals surface area contributed by atoms with Gasteiger partial charge in [-0.05, 0) is 43.7 Å². The molecule has 98 valence electrons. The average Bonchev–Trinajstić information content (AvgIpc) is 2.34. The fourth-order valence-electron chi connectivity index (χ4n) is 1.82. The van der Waals surface area contributed by atoms with Crippen molar-refractivity contribution in [3.8, 4) is 11.5 Å². The van der Waals surface area contributed by atoms with Crippen LogP contribution in [-0.4, -0.2) is 4.99 Å². The molecule has 0 bridgehead atoms. The highest BCUT2D eigenvalue weighted by molar-refractivity contribution is 7.80.